The Morgan fingerprint density at radius 3 is 2.13 bits per heavy atom. The summed E-state index contributed by atoms with van der Waals surface area (Å²) in [4.78, 5) is 2.22. The van der Waals surface area contributed by atoms with E-state index in [1.807, 2.05) is 31.1 Å². The Balaban J connectivity index is 3.38. The lowest BCUT2D eigenvalue weighted by Gasteiger charge is -2.18. The molecule has 0 radical (unpaired) electrons. The highest BCUT2D eigenvalue weighted by Crippen LogP contribution is 2.26. The van der Waals surface area contributed by atoms with Crippen molar-refractivity contribution >= 4 is 15.5 Å². The van der Waals surface area contributed by atoms with E-state index in [9.17, 15) is 8.42 Å². The first-order valence-electron chi connectivity index (χ1n) is 4.87. The maximum atomic E-state index is 12.0. The van der Waals surface area contributed by atoms with Crippen molar-refractivity contribution in [3.05, 3.63) is 24.3 Å². The normalized spacial score (nSPS) is 11.8. The summed E-state index contributed by atoms with van der Waals surface area (Å²) in [6.07, 6.45) is 0. The number of hydrogen-bond donors (Lipinski definition) is 0. The van der Waals surface area contributed by atoms with Crippen LogP contribution in [0.25, 0.3) is 0 Å². The fraction of sp³-hybridized carbons (Fsp3) is 0.455. The van der Waals surface area contributed by atoms with Crippen LogP contribution in [0.5, 0.6) is 0 Å². The minimum atomic E-state index is -3.19. The summed E-state index contributed by atoms with van der Waals surface area (Å²) in [5, 5.41) is -0.390. The number of anilines is 1. The highest BCUT2D eigenvalue weighted by molar-refractivity contribution is 7.92. The third kappa shape index (κ3) is 2.31. The zero-order chi connectivity index (χ0) is 11.6. The van der Waals surface area contributed by atoms with E-state index in [0.29, 0.717) is 4.90 Å². The summed E-state index contributed by atoms with van der Waals surface area (Å²) in [6, 6.07) is 7.07. The van der Waals surface area contributed by atoms with Crippen LogP contribution in [-0.4, -0.2) is 27.8 Å². The second-order valence-corrected chi connectivity index (χ2v) is 6.43. The fourth-order valence-electron chi connectivity index (χ4n) is 1.32. The molecule has 15 heavy (non-hydrogen) atoms. The maximum Gasteiger partial charge on any atom is 0.182 e. The van der Waals surface area contributed by atoms with Crippen molar-refractivity contribution in [3.63, 3.8) is 0 Å². The van der Waals surface area contributed by atoms with Gasteiger partial charge in [0.05, 0.1) is 15.8 Å². The Hall–Kier alpha value is -1.03. The number of rotatable bonds is 3. The van der Waals surface area contributed by atoms with E-state index in [1.165, 1.54) is 0 Å². The Bertz CT molecular complexity index is 436. The van der Waals surface area contributed by atoms with Crippen LogP contribution in [0.1, 0.15) is 13.8 Å². The van der Waals surface area contributed by atoms with Gasteiger partial charge in [-0.3, -0.25) is 0 Å². The molecule has 0 fully saturated rings. The topological polar surface area (TPSA) is 37.4 Å². The Morgan fingerprint density at radius 2 is 1.67 bits per heavy atom. The van der Waals surface area contributed by atoms with Crippen molar-refractivity contribution < 1.29 is 8.42 Å². The van der Waals surface area contributed by atoms with Crippen LogP contribution in [0.3, 0.4) is 0 Å². The van der Waals surface area contributed by atoms with Crippen molar-refractivity contribution in [2.24, 2.45) is 0 Å². The number of benzene rings is 1. The zero-order valence-corrected chi connectivity index (χ0v) is 10.4. The van der Waals surface area contributed by atoms with Gasteiger partial charge in [-0.1, -0.05) is 12.1 Å². The largest absolute Gasteiger partial charge is 0.377 e. The van der Waals surface area contributed by atoms with E-state index >= 15 is 0 Å². The molecule has 1 aromatic rings. The third-order valence-corrected chi connectivity index (χ3v) is 4.47. The maximum absolute atomic E-state index is 12.0. The molecule has 0 aliphatic carbocycles. The molecular weight excluding hydrogens is 210 g/mol. The molecule has 1 rings (SSSR count). The van der Waals surface area contributed by atoms with Gasteiger partial charge in [0.1, 0.15) is 0 Å². The molecule has 0 aliphatic heterocycles. The van der Waals surface area contributed by atoms with Crippen molar-refractivity contribution in [3.8, 4) is 0 Å². The lowest BCUT2D eigenvalue weighted by molar-refractivity contribution is 0.587. The average molecular weight is 227 g/mol. The Morgan fingerprint density at radius 1 is 1.13 bits per heavy atom. The Kier molecular flexibility index (Phi) is 3.39. The molecule has 0 bridgehead atoms. The first kappa shape index (κ1) is 12.0. The van der Waals surface area contributed by atoms with Crippen LogP contribution in [0.15, 0.2) is 29.2 Å². The first-order chi connectivity index (χ1) is 6.87. The molecule has 0 unspecified atom stereocenters. The highest BCUT2D eigenvalue weighted by atomic mass is 32.2. The number of nitrogens with zero attached hydrogens (tertiary/aromatic N) is 1. The number of hydrogen-bond acceptors (Lipinski definition) is 3. The van der Waals surface area contributed by atoms with Gasteiger partial charge in [-0.25, -0.2) is 8.42 Å². The minimum absolute atomic E-state index is 0.390. The van der Waals surface area contributed by atoms with Crippen molar-refractivity contribution in [2.75, 3.05) is 19.0 Å². The van der Waals surface area contributed by atoms with E-state index in [-0.39, 0.29) is 0 Å². The van der Waals surface area contributed by atoms with Gasteiger partial charge < -0.3 is 4.90 Å². The minimum Gasteiger partial charge on any atom is -0.377 e. The molecule has 0 saturated heterocycles. The average Bonchev–Trinajstić information content (AvgIpc) is 2.17. The summed E-state index contributed by atoms with van der Waals surface area (Å²) in [5.41, 5.74) is 0.742. The van der Waals surface area contributed by atoms with Gasteiger partial charge in [0.25, 0.3) is 0 Å². The molecule has 1 aromatic carbocycles. The highest BCUT2D eigenvalue weighted by Gasteiger charge is 2.22. The summed E-state index contributed by atoms with van der Waals surface area (Å²) in [5.74, 6) is 0. The van der Waals surface area contributed by atoms with Crippen LogP contribution >= 0.6 is 0 Å². The van der Waals surface area contributed by atoms with Crippen LogP contribution in [0.4, 0.5) is 5.69 Å². The molecule has 0 spiro atoms. The molecule has 0 aromatic heterocycles. The van der Waals surface area contributed by atoms with E-state index in [4.69, 9.17) is 0 Å². The predicted octanol–water partition coefficient (Wildman–Crippen LogP) is 1.93. The van der Waals surface area contributed by atoms with Gasteiger partial charge in [-0.05, 0) is 26.0 Å². The van der Waals surface area contributed by atoms with Crippen LogP contribution < -0.4 is 4.90 Å². The Labute approximate surface area is 91.6 Å². The van der Waals surface area contributed by atoms with Gasteiger partial charge in [-0.2, -0.15) is 0 Å². The van der Waals surface area contributed by atoms with Gasteiger partial charge in [0, 0.05) is 14.1 Å². The van der Waals surface area contributed by atoms with Crippen molar-refractivity contribution in [1.29, 1.82) is 0 Å². The zero-order valence-electron chi connectivity index (χ0n) is 9.56. The van der Waals surface area contributed by atoms with Crippen LogP contribution in [-0.2, 0) is 9.84 Å². The third-order valence-electron chi connectivity index (χ3n) is 2.27. The summed E-state index contributed by atoms with van der Waals surface area (Å²) in [6.45, 7) is 3.39. The molecule has 0 aliphatic rings. The van der Waals surface area contributed by atoms with Gasteiger partial charge in [0.2, 0.25) is 0 Å². The molecule has 4 heteroatoms. The predicted molar refractivity (Wildman–Crippen MR) is 63.1 cm³/mol. The number of sulfone groups is 1. The summed E-state index contributed by atoms with van der Waals surface area (Å²) >= 11 is 0. The molecule has 3 nitrogen and oxygen atoms in total. The quantitative estimate of drug-likeness (QED) is 0.792. The number of para-hydroxylation sites is 1. The first-order valence-corrected chi connectivity index (χ1v) is 6.42. The summed E-state index contributed by atoms with van der Waals surface area (Å²) < 4.78 is 24.1. The molecule has 0 amide bonds. The molecule has 0 heterocycles. The van der Waals surface area contributed by atoms with Gasteiger partial charge in [0.15, 0.2) is 9.84 Å². The van der Waals surface area contributed by atoms with Crippen LogP contribution in [0.2, 0.25) is 0 Å². The van der Waals surface area contributed by atoms with E-state index in [2.05, 4.69) is 0 Å². The second-order valence-electron chi connectivity index (χ2n) is 3.96. The standard InChI is InChI=1S/C11H17NO2S/c1-9(2)15(13,14)11-8-6-5-7-10(11)12(3)4/h5-9H,1-4H3. The van der Waals surface area contributed by atoms with Gasteiger partial charge in [-0.15, -0.1) is 0 Å². The molecule has 0 N–H and O–H groups in total. The molecule has 0 atom stereocenters. The SMILES string of the molecule is CC(C)S(=O)(=O)c1ccccc1N(C)C. The van der Waals surface area contributed by atoms with Crippen molar-refractivity contribution in [1.82, 2.24) is 0 Å². The lowest BCUT2D eigenvalue weighted by atomic mass is 10.3. The van der Waals surface area contributed by atoms with Gasteiger partial charge >= 0.3 is 0 Å². The molecule has 0 saturated carbocycles. The van der Waals surface area contributed by atoms with Crippen molar-refractivity contribution in [2.45, 2.75) is 24.0 Å². The summed E-state index contributed by atoms with van der Waals surface area (Å²) in [7, 11) is 0.490. The second kappa shape index (κ2) is 4.23. The van der Waals surface area contributed by atoms with E-state index < -0.39 is 15.1 Å². The fourth-order valence-corrected chi connectivity index (χ4v) is 2.64. The van der Waals surface area contributed by atoms with E-state index in [0.717, 1.165) is 5.69 Å². The molecular formula is C11H17NO2S. The smallest absolute Gasteiger partial charge is 0.182 e. The van der Waals surface area contributed by atoms with Crippen LogP contribution in [0, 0.1) is 0 Å². The lowest BCUT2D eigenvalue weighted by Crippen LogP contribution is -2.19. The monoisotopic (exact) mass is 227 g/mol. The molecule has 84 valence electrons. The van der Waals surface area contributed by atoms with E-state index in [1.54, 1.807) is 26.0 Å².